The maximum absolute atomic E-state index is 13.9. The van der Waals surface area contributed by atoms with E-state index >= 15 is 0 Å². The predicted octanol–water partition coefficient (Wildman–Crippen LogP) is 4.15. The summed E-state index contributed by atoms with van der Waals surface area (Å²) in [5, 5.41) is 6.87. The molecule has 0 atom stereocenters. The number of pyridine rings is 1. The molecule has 3 heterocycles. The van der Waals surface area contributed by atoms with Crippen molar-refractivity contribution in [3.8, 4) is 11.5 Å². The van der Waals surface area contributed by atoms with Crippen LogP contribution >= 0.6 is 11.6 Å². The second-order valence-electron chi connectivity index (χ2n) is 8.52. The summed E-state index contributed by atoms with van der Waals surface area (Å²) in [6.45, 7) is 4.05. The number of hydrogen-bond donors (Lipinski definition) is 1. The highest BCUT2D eigenvalue weighted by Gasteiger charge is 2.23. The van der Waals surface area contributed by atoms with Gasteiger partial charge in [-0.1, -0.05) is 11.6 Å². The molecule has 0 radical (unpaired) electrons. The number of anilines is 1. The Bertz CT molecular complexity index is 1210. The lowest BCUT2D eigenvalue weighted by Gasteiger charge is -2.36. The molecule has 0 spiro atoms. The van der Waals surface area contributed by atoms with Crippen LogP contribution in [-0.4, -0.2) is 69.1 Å². The molecule has 0 unspecified atom stereocenters. The quantitative estimate of drug-likeness (QED) is 0.383. The van der Waals surface area contributed by atoms with Crippen LogP contribution in [0, 0.1) is 5.82 Å². The average Bonchev–Trinajstić information content (AvgIpc) is 3.36. The zero-order chi connectivity index (χ0) is 25.7. The van der Waals surface area contributed by atoms with Crippen LogP contribution in [0.25, 0.3) is 11.5 Å². The SMILES string of the molecule is C[SH](=O)(CCCN1CCOCC1)N(Cc1ccc(-c2nnc(C(F)F)o2)cn1)c1ccc(F)c(Cl)c1. The number of thiol groups is 1. The van der Waals surface area contributed by atoms with Crippen molar-refractivity contribution in [2.24, 2.45) is 0 Å². The molecule has 0 aliphatic carbocycles. The Morgan fingerprint density at radius 2 is 1.97 bits per heavy atom. The summed E-state index contributed by atoms with van der Waals surface area (Å²) in [6, 6.07) is 7.50. The Labute approximate surface area is 213 Å². The molecule has 1 aliphatic rings. The van der Waals surface area contributed by atoms with Gasteiger partial charge in [-0.15, -0.1) is 10.2 Å². The molecule has 0 bridgehead atoms. The van der Waals surface area contributed by atoms with E-state index in [9.17, 15) is 17.4 Å². The van der Waals surface area contributed by atoms with E-state index in [0.29, 0.717) is 35.9 Å². The number of rotatable bonds is 10. The van der Waals surface area contributed by atoms with Crippen LogP contribution in [-0.2, 0) is 21.4 Å². The van der Waals surface area contributed by atoms with Crippen LogP contribution in [0.3, 0.4) is 0 Å². The van der Waals surface area contributed by atoms with Gasteiger partial charge < -0.3 is 13.5 Å². The van der Waals surface area contributed by atoms with Crippen LogP contribution < -0.4 is 4.31 Å². The summed E-state index contributed by atoms with van der Waals surface area (Å²) in [5.74, 6) is -0.965. The molecular weight excluding hydrogens is 519 g/mol. The Morgan fingerprint density at radius 3 is 2.61 bits per heavy atom. The first-order valence-electron chi connectivity index (χ1n) is 11.4. The van der Waals surface area contributed by atoms with E-state index in [4.69, 9.17) is 20.8 Å². The van der Waals surface area contributed by atoms with Crippen molar-refractivity contribution in [3.63, 3.8) is 0 Å². The molecule has 8 nitrogen and oxygen atoms in total. The van der Waals surface area contributed by atoms with Crippen molar-refractivity contribution in [3.05, 3.63) is 59.0 Å². The first-order chi connectivity index (χ1) is 17.2. The standard InChI is InChI=1S/C23H27ClF3N5O3S/c1-36(33,12-2-7-31-8-10-34-11-9-31)32(18-5-6-20(25)19(24)13-18)15-17-4-3-16(14-28-17)22-29-30-23(35-22)21(26)27/h3-6,13-14,21,36H,2,7-12,15H2,1H3. The van der Waals surface area contributed by atoms with E-state index < -0.39 is 28.3 Å². The topological polar surface area (TPSA) is 84.6 Å². The van der Waals surface area contributed by atoms with Crippen LogP contribution in [0.15, 0.2) is 40.9 Å². The van der Waals surface area contributed by atoms with Crippen LogP contribution in [0.5, 0.6) is 0 Å². The van der Waals surface area contributed by atoms with Gasteiger partial charge in [0.25, 0.3) is 5.89 Å². The molecule has 36 heavy (non-hydrogen) atoms. The largest absolute Gasteiger partial charge is 0.415 e. The molecule has 0 saturated carbocycles. The van der Waals surface area contributed by atoms with E-state index in [-0.39, 0.29) is 17.5 Å². The second kappa shape index (κ2) is 11.7. The number of morpholine rings is 1. The Morgan fingerprint density at radius 1 is 1.19 bits per heavy atom. The van der Waals surface area contributed by atoms with Crippen molar-refractivity contribution >= 4 is 27.4 Å². The van der Waals surface area contributed by atoms with Gasteiger partial charge in [-0.25, -0.2) is 4.39 Å². The fourth-order valence-electron chi connectivity index (χ4n) is 3.90. The highest BCUT2D eigenvalue weighted by Crippen LogP contribution is 2.29. The summed E-state index contributed by atoms with van der Waals surface area (Å²) in [7, 11) is -2.94. The number of hydrogen-bond acceptors (Lipinski definition) is 7. The first-order valence-corrected chi connectivity index (χ1v) is 14.1. The average molecular weight is 546 g/mol. The van der Waals surface area contributed by atoms with Gasteiger partial charge in [-0.05, 0) is 53.4 Å². The molecular formula is C23H27ClF3N5O3S. The minimum atomic E-state index is -2.94. The van der Waals surface area contributed by atoms with Crippen LogP contribution in [0.2, 0.25) is 5.02 Å². The number of nitrogens with zero attached hydrogens (tertiary/aromatic N) is 5. The fourth-order valence-corrected chi connectivity index (χ4v) is 6.10. The van der Waals surface area contributed by atoms with E-state index in [1.165, 1.54) is 24.4 Å². The van der Waals surface area contributed by atoms with Gasteiger partial charge in [-0.2, -0.15) is 8.78 Å². The fraction of sp³-hybridized carbons (Fsp3) is 0.435. The third kappa shape index (κ3) is 6.61. The van der Waals surface area contributed by atoms with Crippen molar-refractivity contribution in [1.82, 2.24) is 20.1 Å². The molecule has 0 amide bonds. The lowest BCUT2D eigenvalue weighted by Crippen LogP contribution is -2.41. The normalized spacial score (nSPS) is 15.4. The molecule has 1 saturated heterocycles. The summed E-state index contributed by atoms with van der Waals surface area (Å²) in [4.78, 5) is 6.65. The molecule has 4 rings (SSSR count). The minimum absolute atomic E-state index is 0.0691. The molecule has 196 valence electrons. The molecule has 2 aromatic heterocycles. The monoisotopic (exact) mass is 545 g/mol. The van der Waals surface area contributed by atoms with Crippen molar-refractivity contribution in [2.45, 2.75) is 19.4 Å². The maximum Gasteiger partial charge on any atom is 0.314 e. The number of benzene rings is 1. The van der Waals surface area contributed by atoms with Crippen LogP contribution in [0.4, 0.5) is 18.9 Å². The first kappa shape index (κ1) is 26.5. The van der Waals surface area contributed by atoms with Gasteiger partial charge in [0.1, 0.15) is 5.82 Å². The van der Waals surface area contributed by atoms with Crippen LogP contribution in [0.1, 0.15) is 24.4 Å². The second-order valence-corrected chi connectivity index (χ2v) is 12.0. The molecule has 1 aliphatic heterocycles. The molecule has 0 N–H and O–H groups in total. The van der Waals surface area contributed by atoms with E-state index in [1.54, 1.807) is 22.7 Å². The lowest BCUT2D eigenvalue weighted by atomic mass is 10.2. The molecule has 13 heteroatoms. The number of halogens is 4. The minimum Gasteiger partial charge on any atom is -0.415 e. The number of ether oxygens (including phenoxy) is 1. The Kier molecular flexibility index (Phi) is 8.60. The number of aromatic nitrogens is 3. The van der Waals surface area contributed by atoms with Gasteiger partial charge >= 0.3 is 6.43 Å². The van der Waals surface area contributed by atoms with Gasteiger partial charge in [0.05, 0.1) is 36.0 Å². The van der Waals surface area contributed by atoms with Crippen molar-refractivity contribution in [1.29, 1.82) is 0 Å². The third-order valence-electron chi connectivity index (χ3n) is 5.87. The summed E-state index contributed by atoms with van der Waals surface area (Å²) >= 11 is 6.03. The third-order valence-corrected chi connectivity index (χ3v) is 8.70. The van der Waals surface area contributed by atoms with Gasteiger partial charge in [0.2, 0.25) is 5.89 Å². The summed E-state index contributed by atoms with van der Waals surface area (Å²) in [5.41, 5.74) is 1.45. The van der Waals surface area contributed by atoms with E-state index in [0.717, 1.165) is 26.1 Å². The highest BCUT2D eigenvalue weighted by atomic mass is 35.5. The Hall–Kier alpha value is -2.54. The Balaban J connectivity index is 1.52. The highest BCUT2D eigenvalue weighted by molar-refractivity contribution is 8.03. The van der Waals surface area contributed by atoms with Gasteiger partial charge in [-0.3, -0.25) is 14.1 Å². The number of alkyl halides is 2. The maximum atomic E-state index is 13.9. The van der Waals surface area contributed by atoms with E-state index in [1.807, 2.05) is 0 Å². The molecule has 1 aromatic carbocycles. The zero-order valence-electron chi connectivity index (χ0n) is 19.6. The van der Waals surface area contributed by atoms with Crippen molar-refractivity contribution < 1.29 is 26.5 Å². The van der Waals surface area contributed by atoms with Gasteiger partial charge in [0, 0.05) is 37.0 Å². The zero-order valence-corrected chi connectivity index (χ0v) is 21.3. The molecule has 1 fully saturated rings. The predicted molar refractivity (Wildman–Crippen MR) is 132 cm³/mol. The smallest absolute Gasteiger partial charge is 0.314 e. The summed E-state index contributed by atoms with van der Waals surface area (Å²) in [6.07, 6.45) is 0.973. The lowest BCUT2D eigenvalue weighted by molar-refractivity contribution is 0.0381. The van der Waals surface area contributed by atoms with E-state index in [2.05, 4.69) is 20.1 Å². The van der Waals surface area contributed by atoms with Crippen molar-refractivity contribution in [2.75, 3.05) is 49.2 Å². The van der Waals surface area contributed by atoms with Gasteiger partial charge in [0.15, 0.2) is 0 Å². The molecule has 3 aromatic rings. The summed E-state index contributed by atoms with van der Waals surface area (Å²) < 4.78 is 65.3.